The molecule has 0 fully saturated rings. The van der Waals surface area contributed by atoms with E-state index in [-0.39, 0.29) is 18.1 Å². The summed E-state index contributed by atoms with van der Waals surface area (Å²) < 4.78 is 25.2. The lowest BCUT2D eigenvalue weighted by molar-refractivity contribution is 0.0221. The average molecular weight is 341 g/mol. The first kappa shape index (κ1) is 16.6. The Balaban J connectivity index is 1.56. The van der Waals surface area contributed by atoms with E-state index >= 15 is 0 Å². The Hall–Kier alpha value is -3.22. The van der Waals surface area contributed by atoms with E-state index in [1.54, 1.807) is 19.1 Å². The van der Waals surface area contributed by atoms with Gasteiger partial charge in [-0.1, -0.05) is 29.5 Å². The molecule has 2 aromatic carbocycles. The number of para-hydroxylation sites is 1. The number of aromatic nitrogens is 3. The van der Waals surface area contributed by atoms with Crippen molar-refractivity contribution in [2.24, 2.45) is 0 Å². The zero-order valence-electron chi connectivity index (χ0n) is 13.5. The van der Waals surface area contributed by atoms with Gasteiger partial charge in [-0.05, 0) is 31.2 Å². The minimum atomic E-state index is -0.600. The van der Waals surface area contributed by atoms with Crippen LogP contribution >= 0.6 is 0 Å². The lowest BCUT2D eigenvalue weighted by atomic mass is 10.3. The molecule has 6 nitrogen and oxygen atoms in total. The number of hydrogen-bond acceptors (Lipinski definition) is 5. The Labute approximate surface area is 143 Å². The highest BCUT2D eigenvalue weighted by atomic mass is 19.1. The molecule has 1 atom stereocenters. The molecule has 1 heterocycles. The molecular formula is C18H16FN3O3. The minimum Gasteiger partial charge on any atom is -0.490 e. The van der Waals surface area contributed by atoms with Crippen molar-refractivity contribution in [1.29, 1.82) is 0 Å². The summed E-state index contributed by atoms with van der Waals surface area (Å²) in [7, 11) is 0. The summed E-state index contributed by atoms with van der Waals surface area (Å²) in [5.74, 6) is -0.616. The maximum absolute atomic E-state index is 13.1. The standard InChI is InChI=1S/C18H16FN3O3/c1-13(12-24-16-9-5-6-14(19)10-16)25-18(23)17-11-22(21-20-17)15-7-3-2-4-8-15/h2-11,13H,12H2,1H3. The second-order valence-electron chi connectivity index (χ2n) is 5.37. The minimum absolute atomic E-state index is 0.0986. The van der Waals surface area contributed by atoms with Crippen molar-refractivity contribution < 1.29 is 18.7 Å². The zero-order chi connectivity index (χ0) is 17.6. The summed E-state index contributed by atoms with van der Waals surface area (Å²) in [6.45, 7) is 1.78. The predicted molar refractivity (Wildman–Crippen MR) is 88.1 cm³/mol. The molecule has 0 aliphatic heterocycles. The highest BCUT2D eigenvalue weighted by molar-refractivity contribution is 5.86. The summed E-state index contributed by atoms with van der Waals surface area (Å²) >= 11 is 0. The summed E-state index contributed by atoms with van der Waals surface area (Å²) in [6.07, 6.45) is 0.968. The van der Waals surface area contributed by atoms with Gasteiger partial charge in [0.1, 0.15) is 24.3 Å². The highest BCUT2D eigenvalue weighted by Crippen LogP contribution is 2.13. The van der Waals surface area contributed by atoms with E-state index in [9.17, 15) is 9.18 Å². The molecule has 25 heavy (non-hydrogen) atoms. The van der Waals surface area contributed by atoms with E-state index in [0.29, 0.717) is 5.75 Å². The average Bonchev–Trinajstić information content (AvgIpc) is 3.11. The van der Waals surface area contributed by atoms with Crippen molar-refractivity contribution in [1.82, 2.24) is 15.0 Å². The van der Waals surface area contributed by atoms with Crippen LogP contribution in [0, 0.1) is 5.82 Å². The van der Waals surface area contributed by atoms with Gasteiger partial charge < -0.3 is 9.47 Å². The number of rotatable bonds is 6. The Morgan fingerprint density at radius 3 is 2.76 bits per heavy atom. The van der Waals surface area contributed by atoms with Gasteiger partial charge in [0.25, 0.3) is 0 Å². The fourth-order valence-electron chi connectivity index (χ4n) is 2.11. The molecule has 0 amide bonds. The summed E-state index contributed by atoms with van der Waals surface area (Å²) in [4.78, 5) is 12.1. The van der Waals surface area contributed by atoms with Gasteiger partial charge in [0, 0.05) is 6.07 Å². The SMILES string of the molecule is CC(COc1cccc(F)c1)OC(=O)c1cn(-c2ccccc2)nn1. The van der Waals surface area contributed by atoms with Crippen molar-refractivity contribution in [3.63, 3.8) is 0 Å². The third kappa shape index (κ3) is 4.41. The van der Waals surface area contributed by atoms with Crippen LogP contribution in [-0.2, 0) is 4.74 Å². The van der Waals surface area contributed by atoms with Crippen molar-refractivity contribution >= 4 is 5.97 Å². The molecule has 1 unspecified atom stereocenters. The van der Waals surface area contributed by atoms with Crippen LogP contribution < -0.4 is 4.74 Å². The van der Waals surface area contributed by atoms with Gasteiger partial charge >= 0.3 is 5.97 Å². The van der Waals surface area contributed by atoms with Crippen LogP contribution in [0.3, 0.4) is 0 Å². The van der Waals surface area contributed by atoms with Gasteiger partial charge in [-0.3, -0.25) is 0 Å². The van der Waals surface area contributed by atoms with E-state index in [1.165, 1.54) is 23.0 Å². The Bertz CT molecular complexity index is 852. The fourth-order valence-corrected chi connectivity index (χ4v) is 2.11. The highest BCUT2D eigenvalue weighted by Gasteiger charge is 2.17. The molecule has 0 radical (unpaired) electrons. The normalized spacial score (nSPS) is 11.8. The van der Waals surface area contributed by atoms with E-state index in [1.807, 2.05) is 30.3 Å². The van der Waals surface area contributed by atoms with Gasteiger partial charge in [0.2, 0.25) is 0 Å². The van der Waals surface area contributed by atoms with Gasteiger partial charge in [-0.25, -0.2) is 13.9 Å². The number of carbonyl (C=O) groups is 1. The molecule has 0 saturated carbocycles. The van der Waals surface area contributed by atoms with Crippen LogP contribution in [0.2, 0.25) is 0 Å². The van der Waals surface area contributed by atoms with Crippen molar-refractivity contribution in [3.8, 4) is 11.4 Å². The van der Waals surface area contributed by atoms with Crippen LogP contribution in [0.1, 0.15) is 17.4 Å². The molecule has 0 N–H and O–H groups in total. The lowest BCUT2D eigenvalue weighted by Crippen LogP contribution is -2.22. The molecule has 1 aromatic heterocycles. The number of nitrogens with zero attached hydrogens (tertiary/aromatic N) is 3. The predicted octanol–water partition coefficient (Wildman–Crippen LogP) is 3.03. The van der Waals surface area contributed by atoms with E-state index in [2.05, 4.69) is 10.3 Å². The molecule has 0 saturated heterocycles. The molecule has 0 spiro atoms. The van der Waals surface area contributed by atoms with Gasteiger partial charge in [-0.15, -0.1) is 5.10 Å². The fraction of sp³-hybridized carbons (Fsp3) is 0.167. The number of carbonyl (C=O) groups excluding carboxylic acids is 1. The second-order valence-corrected chi connectivity index (χ2v) is 5.37. The molecule has 0 aliphatic carbocycles. The number of esters is 1. The molecule has 3 aromatic rings. The Morgan fingerprint density at radius 2 is 2.00 bits per heavy atom. The third-order valence-corrected chi connectivity index (χ3v) is 3.31. The van der Waals surface area contributed by atoms with E-state index < -0.39 is 12.1 Å². The van der Waals surface area contributed by atoms with Crippen molar-refractivity contribution in [2.75, 3.05) is 6.61 Å². The maximum Gasteiger partial charge on any atom is 0.360 e. The summed E-state index contributed by atoms with van der Waals surface area (Å²) in [6, 6.07) is 15.1. The smallest absolute Gasteiger partial charge is 0.360 e. The van der Waals surface area contributed by atoms with Crippen molar-refractivity contribution in [2.45, 2.75) is 13.0 Å². The number of ether oxygens (including phenoxy) is 2. The van der Waals surface area contributed by atoms with Crippen molar-refractivity contribution in [3.05, 3.63) is 72.3 Å². The first-order chi connectivity index (χ1) is 12.1. The molecule has 3 rings (SSSR count). The molecule has 128 valence electrons. The Morgan fingerprint density at radius 1 is 1.20 bits per heavy atom. The van der Waals surface area contributed by atoms with Crippen LogP contribution in [0.15, 0.2) is 60.8 Å². The topological polar surface area (TPSA) is 66.2 Å². The maximum atomic E-state index is 13.1. The van der Waals surface area contributed by atoms with Crippen LogP contribution in [0.4, 0.5) is 4.39 Å². The first-order valence-corrected chi connectivity index (χ1v) is 7.69. The number of halogens is 1. The largest absolute Gasteiger partial charge is 0.490 e. The summed E-state index contributed by atoms with van der Waals surface area (Å²) in [5, 5.41) is 7.73. The number of hydrogen-bond donors (Lipinski definition) is 0. The summed E-state index contributed by atoms with van der Waals surface area (Å²) in [5.41, 5.74) is 0.887. The number of benzene rings is 2. The first-order valence-electron chi connectivity index (χ1n) is 7.69. The molecular weight excluding hydrogens is 325 g/mol. The van der Waals surface area contributed by atoms with Gasteiger partial charge in [0.15, 0.2) is 5.69 Å². The van der Waals surface area contributed by atoms with E-state index in [0.717, 1.165) is 5.69 Å². The lowest BCUT2D eigenvalue weighted by Gasteiger charge is -2.13. The third-order valence-electron chi connectivity index (χ3n) is 3.31. The van der Waals surface area contributed by atoms with Gasteiger partial charge in [0.05, 0.1) is 11.9 Å². The zero-order valence-corrected chi connectivity index (χ0v) is 13.5. The second kappa shape index (κ2) is 7.57. The van der Waals surface area contributed by atoms with Crippen LogP contribution in [0.5, 0.6) is 5.75 Å². The van der Waals surface area contributed by atoms with Gasteiger partial charge in [-0.2, -0.15) is 0 Å². The molecule has 0 aliphatic rings. The van der Waals surface area contributed by atoms with E-state index in [4.69, 9.17) is 9.47 Å². The monoisotopic (exact) mass is 341 g/mol. The Kier molecular flexibility index (Phi) is 5.03. The molecule has 7 heteroatoms. The van der Waals surface area contributed by atoms with Crippen LogP contribution in [0.25, 0.3) is 5.69 Å². The van der Waals surface area contributed by atoms with Crippen LogP contribution in [-0.4, -0.2) is 33.7 Å². The quantitative estimate of drug-likeness (QED) is 0.645. The molecule has 0 bridgehead atoms.